The zero-order chi connectivity index (χ0) is 9.97. The van der Waals surface area contributed by atoms with Crippen LogP contribution in [-0.4, -0.2) is 19.7 Å². The molecule has 0 atom stereocenters. The lowest BCUT2D eigenvalue weighted by atomic mass is 10.4. The van der Waals surface area contributed by atoms with Gasteiger partial charge in [-0.3, -0.25) is 4.68 Å². The van der Waals surface area contributed by atoms with Gasteiger partial charge in [-0.1, -0.05) is 0 Å². The van der Waals surface area contributed by atoms with E-state index in [-0.39, 0.29) is 6.01 Å². The van der Waals surface area contributed by atoms with Crippen molar-refractivity contribution in [3.05, 3.63) is 24.7 Å². The van der Waals surface area contributed by atoms with Crippen molar-refractivity contribution in [2.75, 3.05) is 5.73 Å². The molecule has 14 heavy (non-hydrogen) atoms. The fraction of sp³-hybridized carbons (Fsp3) is 0.125. The fourth-order valence-electron chi connectivity index (χ4n) is 0.941. The maximum atomic E-state index is 5.63. The molecule has 2 rings (SSSR count). The van der Waals surface area contributed by atoms with Crippen LogP contribution >= 0.6 is 0 Å². The highest BCUT2D eigenvalue weighted by Crippen LogP contribution is 2.20. The average Bonchev–Trinajstić information content (AvgIpc) is 2.56. The van der Waals surface area contributed by atoms with Gasteiger partial charge in [0, 0.05) is 13.2 Å². The van der Waals surface area contributed by atoms with E-state index in [1.165, 1.54) is 11.0 Å². The van der Waals surface area contributed by atoms with Crippen molar-refractivity contribution < 1.29 is 4.74 Å². The summed E-state index contributed by atoms with van der Waals surface area (Å²) in [4.78, 5) is 7.83. The summed E-state index contributed by atoms with van der Waals surface area (Å²) in [6, 6.07) is 3.66. The minimum absolute atomic E-state index is 0.234. The summed E-state index contributed by atoms with van der Waals surface area (Å²) >= 11 is 0. The zero-order valence-electron chi connectivity index (χ0n) is 7.58. The predicted molar refractivity (Wildman–Crippen MR) is 49.7 cm³/mol. The van der Waals surface area contributed by atoms with E-state index in [4.69, 9.17) is 10.5 Å². The number of ether oxygens (including phenoxy) is 1. The second-order valence-corrected chi connectivity index (χ2v) is 2.70. The molecule has 0 aliphatic rings. The van der Waals surface area contributed by atoms with Gasteiger partial charge in [0.05, 0.1) is 5.69 Å². The molecule has 0 aliphatic heterocycles. The van der Waals surface area contributed by atoms with Gasteiger partial charge in [-0.05, 0) is 12.1 Å². The maximum Gasteiger partial charge on any atom is 0.342 e. The van der Waals surface area contributed by atoms with Gasteiger partial charge in [-0.25, -0.2) is 4.98 Å². The molecule has 0 aliphatic carbocycles. The number of aryl methyl sites for hydroxylation is 1. The highest BCUT2D eigenvalue weighted by Gasteiger charge is 2.05. The Morgan fingerprint density at radius 3 is 2.93 bits per heavy atom. The molecule has 0 bridgehead atoms. The van der Waals surface area contributed by atoms with Crippen LogP contribution in [0.3, 0.4) is 0 Å². The number of hydrogen-bond acceptors (Lipinski definition) is 5. The Labute approximate surface area is 80.4 Å². The average molecular weight is 191 g/mol. The van der Waals surface area contributed by atoms with E-state index in [0.717, 1.165) is 0 Å². The van der Waals surface area contributed by atoms with Crippen molar-refractivity contribution in [1.29, 1.82) is 0 Å². The van der Waals surface area contributed by atoms with Crippen molar-refractivity contribution in [1.82, 2.24) is 19.7 Å². The molecule has 0 fully saturated rings. The Morgan fingerprint density at radius 1 is 1.43 bits per heavy atom. The van der Waals surface area contributed by atoms with Gasteiger partial charge in [0.1, 0.15) is 6.33 Å². The lowest BCUT2D eigenvalue weighted by Crippen LogP contribution is -1.96. The largest absolute Gasteiger partial charge is 0.402 e. The lowest BCUT2D eigenvalue weighted by molar-refractivity contribution is 0.425. The first-order valence-electron chi connectivity index (χ1n) is 3.99. The summed E-state index contributed by atoms with van der Waals surface area (Å²) in [6.45, 7) is 0. The van der Waals surface area contributed by atoms with E-state index in [1.54, 1.807) is 25.4 Å². The van der Waals surface area contributed by atoms with E-state index in [0.29, 0.717) is 11.6 Å². The van der Waals surface area contributed by atoms with Crippen LogP contribution < -0.4 is 10.5 Å². The Hall–Kier alpha value is -2.11. The molecule has 0 spiro atoms. The van der Waals surface area contributed by atoms with Gasteiger partial charge in [-0.2, -0.15) is 4.98 Å². The van der Waals surface area contributed by atoms with Crippen LogP contribution in [0.15, 0.2) is 24.7 Å². The van der Waals surface area contributed by atoms with Crippen LogP contribution in [0.25, 0.3) is 0 Å². The monoisotopic (exact) mass is 191 g/mol. The number of hydrogen-bond donors (Lipinski definition) is 1. The highest BCUT2D eigenvalue weighted by molar-refractivity contribution is 5.47. The quantitative estimate of drug-likeness (QED) is 0.751. The van der Waals surface area contributed by atoms with Gasteiger partial charge in [0.2, 0.25) is 5.88 Å². The van der Waals surface area contributed by atoms with E-state index in [9.17, 15) is 0 Å². The van der Waals surface area contributed by atoms with Gasteiger partial charge in [0.15, 0.2) is 0 Å². The second-order valence-electron chi connectivity index (χ2n) is 2.70. The summed E-state index contributed by atoms with van der Waals surface area (Å²) in [7, 11) is 1.75. The molecule has 6 heteroatoms. The number of anilines is 1. The SMILES string of the molecule is Cn1cnc(Oc2ncccc2N)n1. The number of nitrogens with zero attached hydrogens (tertiary/aromatic N) is 4. The van der Waals surface area contributed by atoms with Gasteiger partial charge < -0.3 is 10.5 Å². The molecule has 2 aromatic rings. The summed E-state index contributed by atoms with van der Waals surface area (Å²) < 4.78 is 6.79. The first kappa shape index (κ1) is 8.49. The van der Waals surface area contributed by atoms with Gasteiger partial charge in [0.25, 0.3) is 0 Å². The number of pyridine rings is 1. The third kappa shape index (κ3) is 1.63. The number of nitrogens with two attached hydrogens (primary N) is 1. The lowest BCUT2D eigenvalue weighted by Gasteiger charge is -2.01. The molecule has 0 amide bonds. The van der Waals surface area contributed by atoms with Crippen molar-refractivity contribution >= 4 is 5.69 Å². The highest BCUT2D eigenvalue weighted by atomic mass is 16.5. The molecule has 72 valence electrons. The molecule has 2 aromatic heterocycles. The number of rotatable bonds is 2. The Morgan fingerprint density at radius 2 is 2.29 bits per heavy atom. The molecular weight excluding hydrogens is 182 g/mol. The first-order valence-corrected chi connectivity index (χ1v) is 3.99. The predicted octanol–water partition coefficient (Wildman–Crippen LogP) is 0.585. The van der Waals surface area contributed by atoms with Crippen LogP contribution in [0.5, 0.6) is 11.9 Å². The molecule has 0 saturated heterocycles. The fourth-order valence-corrected chi connectivity index (χ4v) is 0.941. The van der Waals surface area contributed by atoms with Crippen molar-refractivity contribution in [2.24, 2.45) is 7.05 Å². The van der Waals surface area contributed by atoms with Crippen LogP contribution in [0, 0.1) is 0 Å². The summed E-state index contributed by atoms with van der Waals surface area (Å²) in [5, 5.41) is 3.93. The smallest absolute Gasteiger partial charge is 0.342 e. The number of aromatic nitrogens is 4. The van der Waals surface area contributed by atoms with Crippen molar-refractivity contribution in [3.8, 4) is 11.9 Å². The normalized spacial score (nSPS) is 10.1. The molecule has 0 unspecified atom stereocenters. The van der Waals surface area contributed by atoms with Crippen LogP contribution in [0.4, 0.5) is 5.69 Å². The third-order valence-electron chi connectivity index (χ3n) is 1.57. The molecule has 0 saturated carbocycles. The zero-order valence-corrected chi connectivity index (χ0v) is 7.58. The van der Waals surface area contributed by atoms with Gasteiger partial charge >= 0.3 is 6.01 Å². The summed E-state index contributed by atoms with van der Waals surface area (Å²) in [6.07, 6.45) is 3.13. The van der Waals surface area contributed by atoms with Crippen LogP contribution in [0.1, 0.15) is 0 Å². The van der Waals surface area contributed by atoms with Crippen LogP contribution in [-0.2, 0) is 7.05 Å². The third-order valence-corrected chi connectivity index (χ3v) is 1.57. The standard InChI is InChI=1S/C8H9N5O/c1-13-5-11-8(12-13)14-7-6(9)3-2-4-10-7/h2-5H,9H2,1H3. The molecule has 0 aromatic carbocycles. The molecular formula is C8H9N5O. The first-order chi connectivity index (χ1) is 6.75. The van der Waals surface area contributed by atoms with E-state index < -0.39 is 0 Å². The van der Waals surface area contributed by atoms with E-state index in [1.807, 2.05) is 0 Å². The molecule has 2 heterocycles. The van der Waals surface area contributed by atoms with Gasteiger partial charge in [-0.15, -0.1) is 5.10 Å². The van der Waals surface area contributed by atoms with Crippen molar-refractivity contribution in [3.63, 3.8) is 0 Å². The molecule has 6 nitrogen and oxygen atoms in total. The Bertz CT molecular complexity index is 439. The minimum atomic E-state index is 0.234. The topological polar surface area (TPSA) is 78.8 Å². The second kappa shape index (κ2) is 3.33. The van der Waals surface area contributed by atoms with E-state index >= 15 is 0 Å². The van der Waals surface area contributed by atoms with Crippen molar-refractivity contribution in [2.45, 2.75) is 0 Å². The summed E-state index contributed by atoms with van der Waals surface area (Å²) in [5.41, 5.74) is 6.08. The Kier molecular flexibility index (Phi) is 2.02. The molecule has 0 radical (unpaired) electrons. The van der Waals surface area contributed by atoms with Crippen LogP contribution in [0.2, 0.25) is 0 Å². The summed E-state index contributed by atoms with van der Waals surface area (Å²) in [5.74, 6) is 0.318. The maximum absolute atomic E-state index is 5.63. The minimum Gasteiger partial charge on any atom is -0.402 e. The molecule has 2 N–H and O–H groups in total. The number of nitrogen functional groups attached to an aromatic ring is 1. The Balaban J connectivity index is 2.23. The van der Waals surface area contributed by atoms with E-state index in [2.05, 4.69) is 15.1 Å².